The maximum atomic E-state index is 11.2. The van der Waals surface area contributed by atoms with E-state index in [2.05, 4.69) is 16.7 Å². The highest BCUT2D eigenvalue weighted by Gasteiger charge is 2.16. The smallest absolute Gasteiger partial charge is 0.307 e. The van der Waals surface area contributed by atoms with Crippen LogP contribution in [0.1, 0.15) is 54.4 Å². The summed E-state index contributed by atoms with van der Waals surface area (Å²) in [5, 5.41) is 0. The van der Waals surface area contributed by atoms with Crippen molar-refractivity contribution in [2.75, 3.05) is 45.9 Å². The fourth-order valence-electron chi connectivity index (χ4n) is 2.04. The summed E-state index contributed by atoms with van der Waals surface area (Å²) in [4.78, 5) is 16.0. The summed E-state index contributed by atoms with van der Waals surface area (Å²) in [6, 6.07) is 0. The van der Waals surface area contributed by atoms with E-state index in [1.807, 2.05) is 34.6 Å². The lowest BCUT2D eigenvalue weighted by Crippen LogP contribution is -2.46. The quantitative estimate of drug-likeness (QED) is 0.703. The van der Waals surface area contributed by atoms with Crippen LogP contribution in [0.15, 0.2) is 0 Å². The molecule has 0 atom stereocenters. The molecular formula is C16H36N2O2. The van der Waals surface area contributed by atoms with Gasteiger partial charge in [0.1, 0.15) is 0 Å². The largest absolute Gasteiger partial charge is 0.466 e. The second-order valence-corrected chi connectivity index (χ2v) is 4.24. The third-order valence-electron chi connectivity index (χ3n) is 2.94. The molecule has 4 heteroatoms. The topological polar surface area (TPSA) is 32.8 Å². The van der Waals surface area contributed by atoms with E-state index >= 15 is 0 Å². The Labute approximate surface area is 126 Å². The Hall–Kier alpha value is -0.610. The fourth-order valence-corrected chi connectivity index (χ4v) is 2.04. The Morgan fingerprint density at radius 3 is 1.75 bits per heavy atom. The third kappa shape index (κ3) is 11.2. The van der Waals surface area contributed by atoms with Crippen LogP contribution in [0.2, 0.25) is 0 Å². The van der Waals surface area contributed by atoms with Crippen LogP contribution in [0.4, 0.5) is 0 Å². The molecular weight excluding hydrogens is 252 g/mol. The normalized spacial score (nSPS) is 15.5. The molecule has 0 aliphatic carbocycles. The predicted molar refractivity (Wildman–Crippen MR) is 87.1 cm³/mol. The van der Waals surface area contributed by atoms with E-state index in [-0.39, 0.29) is 5.97 Å². The monoisotopic (exact) mass is 288 g/mol. The van der Waals surface area contributed by atoms with Crippen molar-refractivity contribution < 1.29 is 9.53 Å². The summed E-state index contributed by atoms with van der Waals surface area (Å²) in [5.41, 5.74) is 0. The van der Waals surface area contributed by atoms with Crippen LogP contribution >= 0.6 is 0 Å². The van der Waals surface area contributed by atoms with Gasteiger partial charge in [-0.15, -0.1) is 0 Å². The van der Waals surface area contributed by atoms with Gasteiger partial charge in [0.2, 0.25) is 0 Å². The first kappa shape index (κ1) is 21.7. The van der Waals surface area contributed by atoms with Crippen molar-refractivity contribution in [1.82, 2.24) is 9.80 Å². The molecule has 0 aromatic carbocycles. The molecule has 1 rings (SSSR count). The maximum absolute atomic E-state index is 11.2. The van der Waals surface area contributed by atoms with Crippen molar-refractivity contribution in [3.8, 4) is 0 Å². The second-order valence-electron chi connectivity index (χ2n) is 4.24. The number of esters is 1. The van der Waals surface area contributed by atoms with Crippen LogP contribution in [-0.4, -0.2) is 61.6 Å². The molecule has 0 unspecified atom stereocenters. The van der Waals surface area contributed by atoms with E-state index in [1.54, 1.807) is 0 Å². The standard InChI is InChI=1S/C12H24N2O2.2C2H6/c1-3-6-13-8-10-14(11-9-13)7-5-12(15)16-4-2;2*1-2/h3-11H2,1-2H3;2*1-2H3. The lowest BCUT2D eigenvalue weighted by molar-refractivity contribution is -0.143. The molecule has 1 heterocycles. The Morgan fingerprint density at radius 1 is 0.900 bits per heavy atom. The number of hydrogen-bond acceptors (Lipinski definition) is 4. The van der Waals surface area contributed by atoms with Crippen LogP contribution in [0.5, 0.6) is 0 Å². The second kappa shape index (κ2) is 16.4. The van der Waals surface area contributed by atoms with Gasteiger partial charge in [-0.1, -0.05) is 34.6 Å². The van der Waals surface area contributed by atoms with Gasteiger partial charge >= 0.3 is 5.97 Å². The zero-order valence-corrected chi connectivity index (χ0v) is 14.6. The number of piperazine rings is 1. The molecule has 0 bridgehead atoms. The lowest BCUT2D eigenvalue weighted by atomic mass is 10.2. The van der Waals surface area contributed by atoms with Gasteiger partial charge in [-0.2, -0.15) is 0 Å². The van der Waals surface area contributed by atoms with Gasteiger partial charge in [-0.3, -0.25) is 4.79 Å². The molecule has 1 aliphatic heterocycles. The molecule has 0 saturated carbocycles. The third-order valence-corrected chi connectivity index (χ3v) is 2.94. The summed E-state index contributed by atoms with van der Waals surface area (Å²) in [7, 11) is 0. The highest BCUT2D eigenvalue weighted by Crippen LogP contribution is 2.03. The SMILES string of the molecule is CC.CC.CCCN1CCN(CCC(=O)OCC)CC1. The molecule has 20 heavy (non-hydrogen) atoms. The van der Waals surface area contributed by atoms with Crippen LogP contribution in [-0.2, 0) is 9.53 Å². The zero-order valence-electron chi connectivity index (χ0n) is 14.6. The summed E-state index contributed by atoms with van der Waals surface area (Å²) >= 11 is 0. The zero-order chi connectivity index (χ0) is 15.8. The number of nitrogens with zero attached hydrogens (tertiary/aromatic N) is 2. The Bertz CT molecular complexity index is 203. The van der Waals surface area contributed by atoms with Crippen molar-refractivity contribution in [3.05, 3.63) is 0 Å². The van der Waals surface area contributed by atoms with Gasteiger partial charge in [0.15, 0.2) is 0 Å². The lowest BCUT2D eigenvalue weighted by Gasteiger charge is -2.34. The molecule has 1 saturated heterocycles. The number of carbonyl (C=O) groups excluding carboxylic acids is 1. The first-order chi connectivity index (χ1) is 9.76. The van der Waals surface area contributed by atoms with Crippen LogP contribution < -0.4 is 0 Å². The molecule has 1 fully saturated rings. The van der Waals surface area contributed by atoms with Crippen LogP contribution in [0, 0.1) is 0 Å². The fraction of sp³-hybridized carbons (Fsp3) is 0.938. The van der Waals surface area contributed by atoms with Crippen molar-refractivity contribution in [1.29, 1.82) is 0 Å². The van der Waals surface area contributed by atoms with Gasteiger partial charge in [-0.25, -0.2) is 0 Å². The number of carbonyl (C=O) groups is 1. The first-order valence-corrected chi connectivity index (χ1v) is 8.36. The average molecular weight is 288 g/mol. The van der Waals surface area contributed by atoms with Gasteiger partial charge in [0.25, 0.3) is 0 Å². The maximum Gasteiger partial charge on any atom is 0.307 e. The summed E-state index contributed by atoms with van der Waals surface area (Å²) < 4.78 is 4.92. The van der Waals surface area contributed by atoms with Crippen molar-refractivity contribution >= 4 is 5.97 Å². The molecule has 0 aromatic rings. The molecule has 0 N–H and O–H groups in total. The minimum atomic E-state index is -0.0708. The number of ether oxygens (including phenoxy) is 1. The summed E-state index contributed by atoms with van der Waals surface area (Å²) in [6.07, 6.45) is 1.75. The highest BCUT2D eigenvalue weighted by atomic mass is 16.5. The number of hydrogen-bond donors (Lipinski definition) is 0. The Balaban J connectivity index is 0. The molecule has 4 nitrogen and oxygen atoms in total. The number of rotatable bonds is 6. The molecule has 0 spiro atoms. The van der Waals surface area contributed by atoms with Crippen molar-refractivity contribution in [2.24, 2.45) is 0 Å². The first-order valence-electron chi connectivity index (χ1n) is 8.36. The Morgan fingerprint density at radius 2 is 1.35 bits per heavy atom. The highest BCUT2D eigenvalue weighted by molar-refractivity contribution is 5.69. The van der Waals surface area contributed by atoms with E-state index < -0.39 is 0 Å². The van der Waals surface area contributed by atoms with Crippen LogP contribution in [0.3, 0.4) is 0 Å². The van der Waals surface area contributed by atoms with Crippen molar-refractivity contribution in [3.63, 3.8) is 0 Å². The minimum Gasteiger partial charge on any atom is -0.466 e. The Kier molecular flexibility index (Phi) is 17.8. The summed E-state index contributed by atoms with van der Waals surface area (Å²) in [5.74, 6) is -0.0708. The van der Waals surface area contributed by atoms with E-state index in [1.165, 1.54) is 13.0 Å². The molecule has 0 amide bonds. The van der Waals surface area contributed by atoms with Gasteiger partial charge in [-0.05, 0) is 19.9 Å². The molecule has 0 aromatic heterocycles. The van der Waals surface area contributed by atoms with Gasteiger partial charge in [0.05, 0.1) is 13.0 Å². The average Bonchev–Trinajstić information content (AvgIpc) is 2.51. The summed E-state index contributed by atoms with van der Waals surface area (Å²) in [6.45, 7) is 19.0. The van der Waals surface area contributed by atoms with E-state index in [0.29, 0.717) is 13.0 Å². The van der Waals surface area contributed by atoms with Gasteiger partial charge < -0.3 is 14.5 Å². The molecule has 0 radical (unpaired) electrons. The van der Waals surface area contributed by atoms with Crippen molar-refractivity contribution in [2.45, 2.75) is 54.4 Å². The minimum absolute atomic E-state index is 0.0708. The predicted octanol–water partition coefficient (Wildman–Crippen LogP) is 3.02. The van der Waals surface area contributed by atoms with Crippen LogP contribution in [0.25, 0.3) is 0 Å². The molecule has 122 valence electrons. The van der Waals surface area contributed by atoms with E-state index in [9.17, 15) is 4.79 Å². The van der Waals surface area contributed by atoms with E-state index in [0.717, 1.165) is 32.7 Å². The van der Waals surface area contributed by atoms with Gasteiger partial charge in [0, 0.05) is 32.7 Å². The van der Waals surface area contributed by atoms with E-state index in [4.69, 9.17) is 4.74 Å². The molecule has 1 aliphatic rings.